The van der Waals surface area contributed by atoms with E-state index >= 15 is 0 Å². The molecule has 5 aromatic rings. The predicted octanol–water partition coefficient (Wildman–Crippen LogP) is 8.18. The molecule has 40 heavy (non-hydrogen) atoms. The fraction of sp³-hybridized carbons (Fsp3) is 0.100. The average Bonchev–Trinajstić information content (AvgIpc) is 3.31. The number of fused-ring (bicyclic) bond motifs is 1. The molecular formula is C30H23F3N4O2S. The molecule has 0 aliphatic heterocycles. The van der Waals surface area contributed by atoms with Gasteiger partial charge in [0.25, 0.3) is 11.8 Å². The van der Waals surface area contributed by atoms with E-state index in [1.54, 1.807) is 43.3 Å². The standard InChI is InChI=1S/C30H23F3N4O2S/c1-17-5-3-8-22(13-17)35-29-37-24-12-10-20(15-26(24)40-29)28(39)36-25-16-23(11-9-18(25)2)34-27(38)19-6-4-7-21(14-19)30(31,32)33/h3-16H,1-2H3,(H,34,38)(H,35,37)(H,36,39). The van der Waals surface area contributed by atoms with E-state index in [1.165, 1.54) is 23.5 Å². The van der Waals surface area contributed by atoms with E-state index in [-0.39, 0.29) is 11.5 Å². The van der Waals surface area contributed by atoms with Crippen molar-refractivity contribution in [3.05, 3.63) is 113 Å². The molecule has 0 spiro atoms. The van der Waals surface area contributed by atoms with Gasteiger partial charge in [-0.1, -0.05) is 35.6 Å². The van der Waals surface area contributed by atoms with Crippen LogP contribution in [-0.2, 0) is 6.18 Å². The zero-order valence-corrected chi connectivity index (χ0v) is 22.2. The summed E-state index contributed by atoms with van der Waals surface area (Å²) in [6.45, 7) is 3.81. The maximum absolute atomic E-state index is 13.1. The Labute approximate surface area is 231 Å². The number of thiazole rings is 1. The number of aryl methyl sites for hydroxylation is 2. The van der Waals surface area contributed by atoms with Crippen molar-refractivity contribution in [1.82, 2.24) is 4.98 Å². The van der Waals surface area contributed by atoms with E-state index in [9.17, 15) is 22.8 Å². The molecule has 0 saturated heterocycles. The third-order valence-electron chi connectivity index (χ3n) is 6.12. The van der Waals surface area contributed by atoms with Crippen molar-refractivity contribution in [3.8, 4) is 0 Å². The number of hydrogen-bond donors (Lipinski definition) is 3. The largest absolute Gasteiger partial charge is 0.416 e. The molecule has 0 atom stereocenters. The lowest BCUT2D eigenvalue weighted by molar-refractivity contribution is -0.137. The van der Waals surface area contributed by atoms with E-state index in [0.29, 0.717) is 22.1 Å². The lowest BCUT2D eigenvalue weighted by Crippen LogP contribution is -2.15. The van der Waals surface area contributed by atoms with Crippen molar-refractivity contribution in [2.24, 2.45) is 0 Å². The number of nitrogens with zero attached hydrogens (tertiary/aromatic N) is 1. The fourth-order valence-electron chi connectivity index (χ4n) is 4.03. The molecule has 3 N–H and O–H groups in total. The minimum atomic E-state index is -4.56. The van der Waals surface area contributed by atoms with Crippen molar-refractivity contribution in [2.75, 3.05) is 16.0 Å². The predicted molar refractivity (Wildman–Crippen MR) is 153 cm³/mol. The molecule has 0 fully saturated rings. The van der Waals surface area contributed by atoms with Crippen LogP contribution in [0.15, 0.2) is 84.9 Å². The smallest absolute Gasteiger partial charge is 0.332 e. The summed E-state index contributed by atoms with van der Waals surface area (Å²) in [5.41, 5.74) is 3.72. The number of carbonyl (C=O) groups excluding carboxylic acids is 2. The molecule has 0 aliphatic rings. The molecule has 6 nitrogen and oxygen atoms in total. The Bertz CT molecular complexity index is 1750. The molecule has 0 unspecified atom stereocenters. The van der Waals surface area contributed by atoms with Gasteiger partial charge in [-0.15, -0.1) is 0 Å². The molecule has 1 heterocycles. The molecule has 1 aromatic heterocycles. The lowest BCUT2D eigenvalue weighted by Gasteiger charge is -2.13. The van der Waals surface area contributed by atoms with Crippen molar-refractivity contribution < 1.29 is 22.8 Å². The molecule has 0 bridgehead atoms. The molecule has 10 heteroatoms. The molecule has 2 amide bonds. The van der Waals surface area contributed by atoms with Crippen molar-refractivity contribution in [3.63, 3.8) is 0 Å². The number of benzene rings is 4. The molecule has 0 aliphatic carbocycles. The number of aromatic nitrogens is 1. The Kier molecular flexibility index (Phi) is 7.27. The molecule has 4 aromatic carbocycles. The number of carbonyl (C=O) groups is 2. The van der Waals surface area contributed by atoms with Gasteiger partial charge in [-0.3, -0.25) is 9.59 Å². The quantitative estimate of drug-likeness (QED) is 0.196. The van der Waals surface area contributed by atoms with Crippen LogP contribution in [0.25, 0.3) is 10.2 Å². The van der Waals surface area contributed by atoms with Crippen molar-refractivity contribution >= 4 is 55.6 Å². The number of anilines is 4. The normalized spacial score (nSPS) is 11.3. The minimum Gasteiger partial charge on any atom is -0.332 e. The van der Waals surface area contributed by atoms with Crippen LogP contribution >= 0.6 is 11.3 Å². The zero-order valence-electron chi connectivity index (χ0n) is 21.4. The number of rotatable bonds is 6. The summed E-state index contributed by atoms with van der Waals surface area (Å²) in [7, 11) is 0. The first kappa shape index (κ1) is 26.9. The Hall–Kier alpha value is -4.70. The first-order valence-corrected chi connectivity index (χ1v) is 13.0. The zero-order chi connectivity index (χ0) is 28.4. The van der Waals surface area contributed by atoms with E-state index in [0.717, 1.165) is 39.2 Å². The third kappa shape index (κ3) is 6.13. The highest BCUT2D eigenvalue weighted by Gasteiger charge is 2.31. The average molecular weight is 561 g/mol. The van der Waals surface area contributed by atoms with Crippen LogP contribution in [0.2, 0.25) is 0 Å². The van der Waals surface area contributed by atoms with Crippen LogP contribution in [0.3, 0.4) is 0 Å². The molecule has 0 saturated carbocycles. The summed E-state index contributed by atoms with van der Waals surface area (Å²) in [6, 6.07) is 22.2. The summed E-state index contributed by atoms with van der Waals surface area (Å²) in [4.78, 5) is 30.3. The van der Waals surface area contributed by atoms with Gasteiger partial charge in [0.05, 0.1) is 15.8 Å². The third-order valence-corrected chi connectivity index (χ3v) is 7.05. The Morgan fingerprint density at radius 2 is 1.52 bits per heavy atom. The van der Waals surface area contributed by atoms with Gasteiger partial charge in [0, 0.05) is 28.2 Å². The van der Waals surface area contributed by atoms with E-state index < -0.39 is 17.6 Å². The van der Waals surface area contributed by atoms with Crippen molar-refractivity contribution in [2.45, 2.75) is 20.0 Å². The first-order chi connectivity index (χ1) is 19.0. The number of halogens is 3. The van der Waals surface area contributed by atoms with Crippen molar-refractivity contribution in [1.29, 1.82) is 0 Å². The topological polar surface area (TPSA) is 83.1 Å². The summed E-state index contributed by atoms with van der Waals surface area (Å²) >= 11 is 1.43. The lowest BCUT2D eigenvalue weighted by atomic mass is 10.1. The monoisotopic (exact) mass is 560 g/mol. The number of nitrogens with one attached hydrogen (secondary N) is 3. The summed E-state index contributed by atoms with van der Waals surface area (Å²) in [5, 5.41) is 9.45. The van der Waals surface area contributed by atoms with Crippen LogP contribution in [0.4, 0.5) is 35.4 Å². The SMILES string of the molecule is Cc1cccc(Nc2nc3ccc(C(=O)Nc4cc(NC(=O)c5cccc(C(F)(F)F)c5)ccc4C)cc3s2)c1. The van der Waals surface area contributed by atoms with E-state index in [4.69, 9.17) is 0 Å². The Balaban J connectivity index is 1.30. The summed E-state index contributed by atoms with van der Waals surface area (Å²) < 4.78 is 39.9. The van der Waals surface area contributed by atoms with E-state index in [2.05, 4.69) is 20.9 Å². The second-order valence-corrected chi connectivity index (χ2v) is 10.2. The minimum absolute atomic E-state index is 0.130. The van der Waals surface area contributed by atoms with Gasteiger partial charge in [0.2, 0.25) is 0 Å². The number of amides is 2. The molecule has 5 rings (SSSR count). The molecule has 0 radical (unpaired) electrons. The first-order valence-electron chi connectivity index (χ1n) is 12.2. The Morgan fingerprint density at radius 3 is 2.30 bits per heavy atom. The van der Waals surface area contributed by atoms with Crippen LogP contribution in [0.5, 0.6) is 0 Å². The molecule has 202 valence electrons. The highest BCUT2D eigenvalue weighted by Crippen LogP contribution is 2.31. The summed E-state index contributed by atoms with van der Waals surface area (Å²) in [5.74, 6) is -1.05. The number of alkyl halides is 3. The maximum Gasteiger partial charge on any atom is 0.416 e. The van der Waals surface area contributed by atoms with Crippen LogP contribution < -0.4 is 16.0 Å². The van der Waals surface area contributed by atoms with Gasteiger partial charge in [0.1, 0.15) is 0 Å². The van der Waals surface area contributed by atoms with Gasteiger partial charge in [-0.25, -0.2) is 4.98 Å². The van der Waals surface area contributed by atoms with Crippen LogP contribution in [0, 0.1) is 13.8 Å². The second kappa shape index (κ2) is 10.8. The summed E-state index contributed by atoms with van der Waals surface area (Å²) in [6.07, 6.45) is -4.56. The van der Waals surface area contributed by atoms with Gasteiger partial charge in [-0.2, -0.15) is 13.2 Å². The van der Waals surface area contributed by atoms with Crippen LogP contribution in [-0.4, -0.2) is 16.8 Å². The van der Waals surface area contributed by atoms with Gasteiger partial charge in [-0.05, 0) is 85.6 Å². The molecular weight excluding hydrogens is 537 g/mol. The second-order valence-electron chi connectivity index (χ2n) is 9.21. The van der Waals surface area contributed by atoms with Gasteiger partial charge in [0.15, 0.2) is 5.13 Å². The fourth-order valence-corrected chi connectivity index (χ4v) is 4.96. The van der Waals surface area contributed by atoms with Crippen LogP contribution in [0.1, 0.15) is 37.4 Å². The number of hydrogen-bond acceptors (Lipinski definition) is 5. The highest BCUT2D eigenvalue weighted by molar-refractivity contribution is 7.22. The van der Waals surface area contributed by atoms with Gasteiger partial charge < -0.3 is 16.0 Å². The van der Waals surface area contributed by atoms with Gasteiger partial charge >= 0.3 is 6.18 Å². The maximum atomic E-state index is 13.1. The Morgan fingerprint density at radius 1 is 0.775 bits per heavy atom. The van der Waals surface area contributed by atoms with E-state index in [1.807, 2.05) is 31.2 Å². The highest BCUT2D eigenvalue weighted by atomic mass is 32.1.